The Bertz CT molecular complexity index is 1150. The third-order valence-corrected chi connectivity index (χ3v) is 4.97. The van der Waals surface area contributed by atoms with Crippen molar-refractivity contribution in [2.75, 3.05) is 0 Å². The quantitative estimate of drug-likeness (QED) is 0.540. The predicted molar refractivity (Wildman–Crippen MR) is 97.6 cm³/mol. The summed E-state index contributed by atoms with van der Waals surface area (Å²) in [5.74, 6) is 0. The Hall–Kier alpha value is -3.16. The maximum absolute atomic E-state index is 12.1. The molecule has 0 aliphatic carbocycles. The highest BCUT2D eigenvalue weighted by molar-refractivity contribution is 7.16. The van der Waals surface area contributed by atoms with Crippen molar-refractivity contribution in [2.24, 2.45) is 0 Å². The van der Waals surface area contributed by atoms with Gasteiger partial charge < -0.3 is 4.57 Å². The van der Waals surface area contributed by atoms with Crippen LogP contribution >= 0.6 is 11.3 Å². The fourth-order valence-electron chi connectivity index (χ4n) is 2.85. The molecule has 0 radical (unpaired) electrons. The molecule has 0 amide bonds. The van der Waals surface area contributed by atoms with Crippen molar-refractivity contribution in [1.82, 2.24) is 4.57 Å². The lowest BCUT2D eigenvalue weighted by Gasteiger charge is -2.14. The maximum Gasteiger partial charge on any atom is 0.189 e. The first-order chi connectivity index (χ1) is 11.8. The predicted octanol–water partition coefficient (Wildman–Crippen LogP) is 4.59. The molecule has 2 aromatic carbocycles. The van der Waals surface area contributed by atoms with Crippen LogP contribution in [-0.2, 0) is 0 Å². The second kappa shape index (κ2) is 5.80. The normalized spacial score (nSPS) is 10.6. The summed E-state index contributed by atoms with van der Waals surface area (Å²) in [7, 11) is 0. The molecule has 4 rings (SSSR count). The van der Waals surface area contributed by atoms with Gasteiger partial charge in [0.15, 0.2) is 5.43 Å². The molecule has 3 nitrogen and oxygen atoms in total. The van der Waals surface area contributed by atoms with Gasteiger partial charge in [0.05, 0.1) is 11.2 Å². The molecule has 0 aliphatic rings. The van der Waals surface area contributed by atoms with Crippen molar-refractivity contribution in [3.05, 3.63) is 88.0 Å². The number of nitriles is 1. The SMILES string of the molecule is N#Cc1ccc(-c2ccccc2-n2ccc(=O)c3ccccc32)s1. The van der Waals surface area contributed by atoms with Crippen LogP contribution in [0.3, 0.4) is 0 Å². The van der Waals surface area contributed by atoms with Gasteiger partial charge in [-0.05, 0) is 30.3 Å². The van der Waals surface area contributed by atoms with E-state index in [0.717, 1.165) is 21.6 Å². The molecule has 114 valence electrons. The molecular weight excluding hydrogens is 316 g/mol. The van der Waals surface area contributed by atoms with Crippen molar-refractivity contribution in [3.8, 4) is 22.2 Å². The molecule has 2 heterocycles. The molecule has 0 fully saturated rings. The Morgan fingerprint density at radius 1 is 0.917 bits per heavy atom. The van der Waals surface area contributed by atoms with E-state index < -0.39 is 0 Å². The topological polar surface area (TPSA) is 45.8 Å². The van der Waals surface area contributed by atoms with Crippen molar-refractivity contribution < 1.29 is 0 Å². The summed E-state index contributed by atoms with van der Waals surface area (Å²) < 4.78 is 2.03. The molecule has 0 saturated heterocycles. The Morgan fingerprint density at radius 3 is 2.54 bits per heavy atom. The van der Waals surface area contributed by atoms with Crippen LogP contribution in [0.1, 0.15) is 4.88 Å². The number of para-hydroxylation sites is 2. The largest absolute Gasteiger partial charge is 0.316 e. The van der Waals surface area contributed by atoms with Crippen LogP contribution in [0.4, 0.5) is 0 Å². The average molecular weight is 328 g/mol. The smallest absolute Gasteiger partial charge is 0.189 e. The number of hydrogen-bond acceptors (Lipinski definition) is 3. The van der Waals surface area contributed by atoms with Crippen molar-refractivity contribution >= 4 is 22.2 Å². The molecule has 0 atom stereocenters. The second-order valence-electron chi connectivity index (χ2n) is 5.36. The van der Waals surface area contributed by atoms with Crippen LogP contribution in [0.2, 0.25) is 0 Å². The lowest BCUT2D eigenvalue weighted by molar-refractivity contribution is 1.10. The zero-order valence-corrected chi connectivity index (χ0v) is 13.5. The third kappa shape index (κ3) is 2.32. The Labute approximate surface area is 142 Å². The zero-order chi connectivity index (χ0) is 16.5. The average Bonchev–Trinajstić information content (AvgIpc) is 3.11. The van der Waals surface area contributed by atoms with E-state index >= 15 is 0 Å². The van der Waals surface area contributed by atoms with Gasteiger partial charge in [0.1, 0.15) is 10.9 Å². The summed E-state index contributed by atoms with van der Waals surface area (Å²) in [5.41, 5.74) is 2.91. The number of hydrogen-bond donors (Lipinski definition) is 0. The van der Waals surface area contributed by atoms with Crippen LogP contribution in [0.15, 0.2) is 77.7 Å². The number of nitrogens with zero attached hydrogens (tertiary/aromatic N) is 2. The van der Waals surface area contributed by atoms with E-state index in [1.54, 1.807) is 6.07 Å². The Balaban J connectivity index is 2.01. The summed E-state index contributed by atoms with van der Waals surface area (Å²) in [6.45, 7) is 0. The first-order valence-electron chi connectivity index (χ1n) is 7.48. The van der Waals surface area contributed by atoms with Crippen LogP contribution in [0.25, 0.3) is 27.0 Å². The molecule has 4 aromatic rings. The fourth-order valence-corrected chi connectivity index (χ4v) is 3.69. The van der Waals surface area contributed by atoms with Gasteiger partial charge in [-0.1, -0.05) is 30.3 Å². The van der Waals surface area contributed by atoms with Gasteiger partial charge in [0, 0.05) is 28.1 Å². The molecule has 24 heavy (non-hydrogen) atoms. The molecule has 0 saturated carbocycles. The minimum Gasteiger partial charge on any atom is -0.316 e. The van der Waals surface area contributed by atoms with Crippen LogP contribution in [-0.4, -0.2) is 4.57 Å². The van der Waals surface area contributed by atoms with E-state index in [1.165, 1.54) is 11.3 Å². The van der Waals surface area contributed by atoms with Gasteiger partial charge in [-0.2, -0.15) is 5.26 Å². The molecular formula is C20H12N2OS. The highest BCUT2D eigenvalue weighted by Gasteiger charge is 2.11. The maximum atomic E-state index is 12.1. The monoisotopic (exact) mass is 328 g/mol. The van der Waals surface area contributed by atoms with E-state index in [-0.39, 0.29) is 5.43 Å². The molecule has 0 aliphatic heterocycles. The van der Waals surface area contributed by atoms with Crippen molar-refractivity contribution in [1.29, 1.82) is 5.26 Å². The van der Waals surface area contributed by atoms with Gasteiger partial charge >= 0.3 is 0 Å². The van der Waals surface area contributed by atoms with Gasteiger partial charge in [-0.25, -0.2) is 0 Å². The first-order valence-corrected chi connectivity index (χ1v) is 8.30. The minimum absolute atomic E-state index is 0.0159. The fraction of sp³-hybridized carbons (Fsp3) is 0. The number of thiophene rings is 1. The lowest BCUT2D eigenvalue weighted by Crippen LogP contribution is -2.07. The van der Waals surface area contributed by atoms with Gasteiger partial charge in [-0.3, -0.25) is 4.79 Å². The summed E-state index contributed by atoms with van der Waals surface area (Å²) >= 11 is 1.47. The van der Waals surface area contributed by atoms with Crippen LogP contribution in [0.5, 0.6) is 0 Å². The highest BCUT2D eigenvalue weighted by Crippen LogP contribution is 2.33. The summed E-state index contributed by atoms with van der Waals surface area (Å²) in [5, 5.41) is 9.77. The minimum atomic E-state index is 0.0159. The summed E-state index contributed by atoms with van der Waals surface area (Å²) in [6.07, 6.45) is 1.81. The molecule has 0 N–H and O–H groups in total. The molecule has 0 spiro atoms. The Kier molecular flexibility index (Phi) is 3.49. The molecule has 4 heteroatoms. The molecule has 0 unspecified atom stereocenters. The number of benzene rings is 2. The number of fused-ring (bicyclic) bond motifs is 1. The molecule has 0 bridgehead atoms. The standard InChI is InChI=1S/C20H12N2OS/c21-13-14-9-10-20(24-14)16-6-2-4-8-18(16)22-12-11-19(23)15-5-1-3-7-17(15)22/h1-12H. The first kappa shape index (κ1) is 14.4. The number of rotatable bonds is 2. The van der Waals surface area contributed by atoms with E-state index in [4.69, 9.17) is 5.26 Å². The van der Waals surface area contributed by atoms with E-state index in [1.807, 2.05) is 71.4 Å². The number of aromatic nitrogens is 1. The third-order valence-electron chi connectivity index (χ3n) is 3.95. The van der Waals surface area contributed by atoms with Crippen molar-refractivity contribution in [3.63, 3.8) is 0 Å². The van der Waals surface area contributed by atoms with Crippen molar-refractivity contribution in [2.45, 2.75) is 0 Å². The van der Waals surface area contributed by atoms with E-state index in [2.05, 4.69) is 6.07 Å². The molecule has 2 aromatic heterocycles. The lowest BCUT2D eigenvalue weighted by atomic mass is 10.1. The van der Waals surface area contributed by atoms with Gasteiger partial charge in [0.2, 0.25) is 0 Å². The summed E-state index contributed by atoms with van der Waals surface area (Å²) in [6, 6.07) is 23.2. The highest BCUT2D eigenvalue weighted by atomic mass is 32.1. The van der Waals surface area contributed by atoms with Crippen LogP contribution in [0, 0.1) is 11.3 Å². The van der Waals surface area contributed by atoms with Crippen LogP contribution < -0.4 is 5.43 Å². The second-order valence-corrected chi connectivity index (χ2v) is 6.44. The van der Waals surface area contributed by atoms with E-state index in [0.29, 0.717) is 10.3 Å². The Morgan fingerprint density at radius 2 is 1.71 bits per heavy atom. The van der Waals surface area contributed by atoms with E-state index in [9.17, 15) is 4.79 Å². The van der Waals surface area contributed by atoms with Gasteiger partial charge in [0.25, 0.3) is 0 Å². The van der Waals surface area contributed by atoms with Gasteiger partial charge in [-0.15, -0.1) is 11.3 Å². The zero-order valence-electron chi connectivity index (χ0n) is 12.6. The number of pyridine rings is 1. The summed E-state index contributed by atoms with van der Waals surface area (Å²) in [4.78, 5) is 13.8.